The van der Waals surface area contributed by atoms with Gasteiger partial charge in [-0.3, -0.25) is 19.3 Å². The minimum absolute atomic E-state index is 0.0365. The van der Waals surface area contributed by atoms with Gasteiger partial charge in [0.2, 0.25) is 11.8 Å². The molecule has 2 bridgehead atoms. The van der Waals surface area contributed by atoms with Crippen molar-refractivity contribution < 1.29 is 14.4 Å². The lowest BCUT2D eigenvalue weighted by atomic mass is 9.85. The smallest absolute Gasteiger partial charge is 0.253 e. The number of nitrogens with zero attached hydrogens (tertiary/aromatic N) is 2. The summed E-state index contributed by atoms with van der Waals surface area (Å²) >= 11 is 0. The Bertz CT molecular complexity index is 777. The van der Waals surface area contributed by atoms with E-state index in [1.807, 2.05) is 4.90 Å². The second kappa shape index (κ2) is 5.79. The predicted molar refractivity (Wildman–Crippen MR) is 96.4 cm³/mol. The average molecular weight is 350 g/mol. The standard InChI is InChI=1S/C21H22N2O3/c24-19(22-10-2-1-3-11-22)13-6-8-16(9-7-13)23-20(25)17-14-4-5-15(12-14)18(17)21(23)26/h4-9,14-15,17-18H,1-3,10-12H2/t14-,15-,17-,18+/m0/s1. The first-order valence-electron chi connectivity index (χ1n) is 9.60. The van der Waals surface area contributed by atoms with Crippen LogP contribution < -0.4 is 4.90 Å². The maximum absolute atomic E-state index is 12.8. The molecule has 0 radical (unpaired) electrons. The number of fused-ring (bicyclic) bond motifs is 5. The first-order chi connectivity index (χ1) is 12.6. The van der Waals surface area contributed by atoms with E-state index < -0.39 is 0 Å². The molecule has 3 fully saturated rings. The lowest BCUT2D eigenvalue weighted by Gasteiger charge is -2.27. The number of piperidine rings is 1. The van der Waals surface area contributed by atoms with Gasteiger partial charge in [0.05, 0.1) is 17.5 Å². The third-order valence-corrected chi connectivity index (χ3v) is 6.49. The number of amides is 3. The Morgan fingerprint density at radius 3 is 2.00 bits per heavy atom. The number of likely N-dealkylation sites (tertiary alicyclic amines) is 1. The quantitative estimate of drug-likeness (QED) is 0.609. The van der Waals surface area contributed by atoms with Gasteiger partial charge in [-0.15, -0.1) is 0 Å². The van der Waals surface area contributed by atoms with Crippen LogP contribution in [0.5, 0.6) is 0 Å². The summed E-state index contributed by atoms with van der Waals surface area (Å²) in [4.78, 5) is 41.5. The summed E-state index contributed by atoms with van der Waals surface area (Å²) in [7, 11) is 0. The largest absolute Gasteiger partial charge is 0.339 e. The number of imide groups is 1. The zero-order valence-corrected chi connectivity index (χ0v) is 14.6. The van der Waals surface area contributed by atoms with Gasteiger partial charge in [0.15, 0.2) is 0 Å². The second-order valence-electron chi connectivity index (χ2n) is 7.91. The topological polar surface area (TPSA) is 57.7 Å². The van der Waals surface area contributed by atoms with Gasteiger partial charge in [-0.1, -0.05) is 12.2 Å². The molecular formula is C21H22N2O3. The maximum Gasteiger partial charge on any atom is 0.253 e. The molecule has 1 aromatic rings. The van der Waals surface area contributed by atoms with E-state index in [2.05, 4.69) is 12.2 Å². The molecule has 0 unspecified atom stereocenters. The van der Waals surface area contributed by atoms with Crippen molar-refractivity contribution >= 4 is 23.4 Å². The van der Waals surface area contributed by atoms with E-state index in [9.17, 15) is 14.4 Å². The van der Waals surface area contributed by atoms with E-state index >= 15 is 0 Å². The van der Waals surface area contributed by atoms with Crippen LogP contribution >= 0.6 is 0 Å². The molecule has 1 saturated carbocycles. The summed E-state index contributed by atoms with van der Waals surface area (Å²) < 4.78 is 0. The molecule has 0 aromatic heterocycles. The zero-order valence-electron chi connectivity index (χ0n) is 14.6. The molecule has 4 aliphatic rings. The molecule has 1 aromatic carbocycles. The summed E-state index contributed by atoms with van der Waals surface area (Å²) in [5.41, 5.74) is 1.21. The third kappa shape index (κ3) is 2.19. The van der Waals surface area contributed by atoms with E-state index in [0.29, 0.717) is 11.3 Å². The van der Waals surface area contributed by atoms with Gasteiger partial charge in [-0.2, -0.15) is 0 Å². The van der Waals surface area contributed by atoms with Gasteiger partial charge in [-0.05, 0) is 61.8 Å². The highest BCUT2D eigenvalue weighted by molar-refractivity contribution is 6.22. The van der Waals surface area contributed by atoms with Crippen LogP contribution in [0, 0.1) is 23.7 Å². The monoisotopic (exact) mass is 350 g/mol. The molecule has 2 aliphatic carbocycles. The van der Waals surface area contributed by atoms with Crippen LogP contribution in [0.2, 0.25) is 0 Å². The molecule has 134 valence electrons. The number of carbonyl (C=O) groups excluding carboxylic acids is 3. The Kier molecular flexibility index (Phi) is 3.52. The van der Waals surface area contributed by atoms with Crippen LogP contribution in [0.4, 0.5) is 5.69 Å². The molecule has 5 nitrogen and oxygen atoms in total. The Morgan fingerprint density at radius 2 is 1.42 bits per heavy atom. The van der Waals surface area contributed by atoms with Crippen molar-refractivity contribution in [3.8, 4) is 0 Å². The molecule has 4 atom stereocenters. The lowest BCUT2D eigenvalue weighted by molar-refractivity contribution is -0.123. The Balaban J connectivity index is 1.37. The van der Waals surface area contributed by atoms with Crippen molar-refractivity contribution in [2.24, 2.45) is 23.7 Å². The van der Waals surface area contributed by atoms with Crippen molar-refractivity contribution in [2.75, 3.05) is 18.0 Å². The van der Waals surface area contributed by atoms with Gasteiger partial charge >= 0.3 is 0 Å². The number of hydrogen-bond acceptors (Lipinski definition) is 3. The van der Waals surface area contributed by atoms with Crippen LogP contribution in [0.1, 0.15) is 36.0 Å². The van der Waals surface area contributed by atoms with E-state index in [4.69, 9.17) is 0 Å². The molecule has 2 aliphatic heterocycles. The SMILES string of the molecule is O=C(c1ccc(N2C(=O)[C@@H]3[C@H](C2=O)[C@H]2C=C[C@H]3C2)cc1)N1CCCCC1. The normalized spacial score (nSPS) is 32.5. The molecule has 2 heterocycles. The van der Waals surface area contributed by atoms with Gasteiger partial charge in [0.25, 0.3) is 5.91 Å². The molecule has 3 amide bonds. The van der Waals surface area contributed by atoms with Gasteiger partial charge in [-0.25, -0.2) is 0 Å². The van der Waals surface area contributed by atoms with Gasteiger partial charge in [0.1, 0.15) is 0 Å². The molecule has 2 saturated heterocycles. The number of carbonyl (C=O) groups is 3. The van der Waals surface area contributed by atoms with E-state index in [1.54, 1.807) is 24.3 Å². The molecule has 5 rings (SSSR count). The van der Waals surface area contributed by atoms with E-state index in [1.165, 1.54) is 11.3 Å². The Morgan fingerprint density at radius 1 is 0.846 bits per heavy atom. The Labute approximate surface area is 152 Å². The first kappa shape index (κ1) is 15.8. The van der Waals surface area contributed by atoms with Crippen molar-refractivity contribution in [1.82, 2.24) is 4.90 Å². The van der Waals surface area contributed by atoms with Crippen molar-refractivity contribution in [3.05, 3.63) is 42.0 Å². The molecule has 5 heteroatoms. The summed E-state index contributed by atoms with van der Waals surface area (Å²) in [5.74, 6) is -0.0644. The predicted octanol–water partition coefficient (Wildman–Crippen LogP) is 2.62. The summed E-state index contributed by atoms with van der Waals surface area (Å²) in [5, 5.41) is 0. The minimum atomic E-state index is -0.188. The summed E-state index contributed by atoms with van der Waals surface area (Å²) in [6, 6.07) is 6.97. The molecule has 0 spiro atoms. The minimum Gasteiger partial charge on any atom is -0.339 e. The fourth-order valence-corrected chi connectivity index (χ4v) is 5.19. The highest BCUT2D eigenvalue weighted by atomic mass is 16.2. The zero-order chi connectivity index (χ0) is 17.8. The molecule has 26 heavy (non-hydrogen) atoms. The Hall–Kier alpha value is -2.43. The van der Waals surface area contributed by atoms with Gasteiger partial charge < -0.3 is 4.90 Å². The summed E-state index contributed by atoms with van der Waals surface area (Å²) in [6.07, 6.45) is 8.42. The highest BCUT2D eigenvalue weighted by Crippen LogP contribution is 2.53. The lowest BCUT2D eigenvalue weighted by Crippen LogP contribution is -2.35. The van der Waals surface area contributed by atoms with E-state index in [-0.39, 0.29) is 41.4 Å². The fourth-order valence-electron chi connectivity index (χ4n) is 5.19. The fraction of sp³-hybridized carbons (Fsp3) is 0.476. The number of rotatable bonds is 2. The van der Waals surface area contributed by atoms with Crippen molar-refractivity contribution in [3.63, 3.8) is 0 Å². The molecular weight excluding hydrogens is 328 g/mol. The van der Waals surface area contributed by atoms with Crippen LogP contribution in [-0.4, -0.2) is 35.7 Å². The van der Waals surface area contributed by atoms with Crippen molar-refractivity contribution in [1.29, 1.82) is 0 Å². The number of hydrogen-bond donors (Lipinski definition) is 0. The number of anilines is 1. The highest BCUT2D eigenvalue weighted by Gasteiger charge is 2.59. The number of benzene rings is 1. The van der Waals surface area contributed by atoms with Gasteiger partial charge in [0, 0.05) is 18.7 Å². The summed E-state index contributed by atoms with van der Waals surface area (Å²) in [6.45, 7) is 1.62. The van der Waals surface area contributed by atoms with Crippen LogP contribution in [0.15, 0.2) is 36.4 Å². The van der Waals surface area contributed by atoms with E-state index in [0.717, 1.165) is 32.4 Å². The second-order valence-corrected chi connectivity index (χ2v) is 7.91. The number of allylic oxidation sites excluding steroid dienone is 2. The molecule has 0 N–H and O–H groups in total. The third-order valence-electron chi connectivity index (χ3n) is 6.49. The van der Waals surface area contributed by atoms with Crippen LogP contribution in [0.3, 0.4) is 0 Å². The van der Waals surface area contributed by atoms with Crippen LogP contribution in [0.25, 0.3) is 0 Å². The van der Waals surface area contributed by atoms with Crippen molar-refractivity contribution in [2.45, 2.75) is 25.7 Å². The maximum atomic E-state index is 12.8. The average Bonchev–Trinajstić information content (AvgIpc) is 3.36. The first-order valence-corrected chi connectivity index (χ1v) is 9.60. The van der Waals surface area contributed by atoms with Crippen LogP contribution in [-0.2, 0) is 9.59 Å².